The van der Waals surface area contributed by atoms with Crippen molar-refractivity contribution in [3.63, 3.8) is 0 Å². The first-order chi connectivity index (χ1) is 15.1. The summed E-state index contributed by atoms with van der Waals surface area (Å²) in [4.78, 5) is 24.4. The smallest absolute Gasteiger partial charge is 0.291 e. The number of hydrogen-bond acceptors (Lipinski definition) is 7. The van der Waals surface area contributed by atoms with Crippen molar-refractivity contribution in [2.24, 2.45) is 0 Å². The third-order valence-electron chi connectivity index (χ3n) is 5.65. The number of amides is 1. The normalized spacial score (nSPS) is 13.0. The van der Waals surface area contributed by atoms with Crippen LogP contribution in [0.4, 0.5) is 0 Å². The quantitative estimate of drug-likeness (QED) is 0.498. The largest absolute Gasteiger partial charge is 0.493 e. The van der Waals surface area contributed by atoms with Crippen molar-refractivity contribution in [3.8, 4) is 11.5 Å². The van der Waals surface area contributed by atoms with E-state index < -0.39 is 0 Å². The number of fused-ring (bicyclic) bond motifs is 5. The molecule has 5 rings (SSSR count). The molecule has 0 saturated heterocycles. The van der Waals surface area contributed by atoms with Crippen LogP contribution >= 0.6 is 11.3 Å². The molecular formula is C22H23N5O3S. The van der Waals surface area contributed by atoms with Gasteiger partial charge in [0.2, 0.25) is 5.82 Å². The monoisotopic (exact) mass is 437 g/mol. The first kappa shape index (κ1) is 19.7. The minimum atomic E-state index is -0.288. The molecule has 4 aromatic rings. The van der Waals surface area contributed by atoms with Gasteiger partial charge in [-0.1, -0.05) is 6.07 Å². The van der Waals surface area contributed by atoms with Crippen LogP contribution in [0.5, 0.6) is 11.5 Å². The predicted octanol–water partition coefficient (Wildman–Crippen LogP) is 3.13. The van der Waals surface area contributed by atoms with Gasteiger partial charge in [0.15, 0.2) is 17.1 Å². The Kier molecular flexibility index (Phi) is 4.97. The lowest BCUT2D eigenvalue weighted by Gasteiger charge is -2.09. The maximum atomic E-state index is 12.7. The first-order valence-electron chi connectivity index (χ1n) is 10.3. The minimum absolute atomic E-state index is 0.169. The summed E-state index contributed by atoms with van der Waals surface area (Å²) in [6, 6.07) is 5.73. The number of nitrogens with zero attached hydrogens (tertiary/aromatic N) is 4. The van der Waals surface area contributed by atoms with E-state index in [2.05, 4.69) is 15.4 Å². The molecule has 0 radical (unpaired) electrons. The Morgan fingerprint density at radius 1 is 1.19 bits per heavy atom. The average Bonchev–Trinajstić information content (AvgIpc) is 3.48. The fourth-order valence-corrected chi connectivity index (χ4v) is 5.43. The van der Waals surface area contributed by atoms with Gasteiger partial charge in [0.25, 0.3) is 5.91 Å². The van der Waals surface area contributed by atoms with Crippen LogP contribution in [-0.4, -0.2) is 46.3 Å². The van der Waals surface area contributed by atoms with E-state index in [0.29, 0.717) is 24.5 Å². The van der Waals surface area contributed by atoms with Gasteiger partial charge < -0.3 is 14.8 Å². The number of thiophene rings is 1. The predicted molar refractivity (Wildman–Crippen MR) is 119 cm³/mol. The summed E-state index contributed by atoms with van der Waals surface area (Å²) >= 11 is 1.74. The zero-order valence-corrected chi connectivity index (χ0v) is 18.5. The summed E-state index contributed by atoms with van der Waals surface area (Å²) in [6.07, 6.45) is 3.95. The molecule has 3 heterocycles. The molecule has 1 aliphatic carbocycles. The Morgan fingerprint density at radius 2 is 2.03 bits per heavy atom. The summed E-state index contributed by atoms with van der Waals surface area (Å²) in [5.74, 6) is 1.97. The molecule has 0 bridgehead atoms. The molecular weight excluding hydrogens is 414 g/mol. The summed E-state index contributed by atoms with van der Waals surface area (Å²) in [5.41, 5.74) is 3.09. The van der Waals surface area contributed by atoms with E-state index in [1.54, 1.807) is 30.1 Å². The van der Waals surface area contributed by atoms with Crippen molar-refractivity contribution >= 4 is 33.1 Å². The molecule has 1 amide bonds. The number of rotatable bonds is 6. The van der Waals surface area contributed by atoms with Crippen molar-refractivity contribution in [2.75, 3.05) is 20.8 Å². The van der Waals surface area contributed by atoms with Gasteiger partial charge in [-0.2, -0.15) is 4.52 Å². The van der Waals surface area contributed by atoms with Gasteiger partial charge in [-0.05, 0) is 55.9 Å². The van der Waals surface area contributed by atoms with Gasteiger partial charge in [-0.15, -0.1) is 16.4 Å². The molecule has 0 unspecified atom stereocenters. The van der Waals surface area contributed by atoms with E-state index in [-0.39, 0.29) is 11.7 Å². The summed E-state index contributed by atoms with van der Waals surface area (Å²) in [7, 11) is 3.21. The summed E-state index contributed by atoms with van der Waals surface area (Å²) < 4.78 is 12.3. The van der Waals surface area contributed by atoms with Crippen LogP contribution in [0.3, 0.4) is 0 Å². The molecule has 1 aliphatic rings. The zero-order valence-electron chi connectivity index (χ0n) is 17.7. The number of aromatic nitrogens is 4. The van der Waals surface area contributed by atoms with E-state index in [0.717, 1.165) is 46.5 Å². The van der Waals surface area contributed by atoms with Gasteiger partial charge in [0.05, 0.1) is 19.6 Å². The Labute approximate surface area is 183 Å². The van der Waals surface area contributed by atoms with Crippen LogP contribution in [0.2, 0.25) is 0 Å². The van der Waals surface area contributed by atoms with Gasteiger partial charge in [-0.25, -0.2) is 9.97 Å². The second-order valence-corrected chi connectivity index (χ2v) is 8.65. The van der Waals surface area contributed by atoms with Gasteiger partial charge in [-0.3, -0.25) is 4.79 Å². The first-order valence-corrected chi connectivity index (χ1v) is 11.1. The number of methoxy groups -OCH3 is 2. The van der Waals surface area contributed by atoms with Crippen LogP contribution < -0.4 is 14.8 Å². The van der Waals surface area contributed by atoms with Crippen LogP contribution in [0.25, 0.3) is 15.9 Å². The highest BCUT2D eigenvalue weighted by Gasteiger charge is 2.24. The molecule has 0 aliphatic heterocycles. The lowest BCUT2D eigenvalue weighted by Crippen LogP contribution is -2.26. The Bertz CT molecular complexity index is 1310. The van der Waals surface area contributed by atoms with Crippen LogP contribution in [0.15, 0.2) is 18.2 Å². The van der Waals surface area contributed by atoms with E-state index in [9.17, 15) is 4.79 Å². The molecule has 1 aromatic carbocycles. The standard InChI is InChI=1S/C22H23N5O3S/c1-12-24-22-18(14-5-4-6-17(14)31-22)20-25-19(26-27(12)20)21(28)23-10-9-13-7-8-15(29-2)16(11-13)30-3/h7-8,11H,4-6,9-10H2,1-3H3,(H,23,28). The number of aryl methyl sites for hydroxylation is 3. The maximum absolute atomic E-state index is 12.7. The third kappa shape index (κ3) is 3.38. The zero-order chi connectivity index (χ0) is 21.5. The Balaban J connectivity index is 1.36. The molecule has 0 atom stereocenters. The topological polar surface area (TPSA) is 90.6 Å². The minimum Gasteiger partial charge on any atom is -0.493 e. The summed E-state index contributed by atoms with van der Waals surface area (Å²) in [5, 5.41) is 8.42. The van der Waals surface area contributed by atoms with Gasteiger partial charge in [0, 0.05) is 11.4 Å². The molecule has 31 heavy (non-hydrogen) atoms. The molecule has 1 N–H and O–H groups in total. The molecule has 9 heteroatoms. The SMILES string of the molecule is COc1ccc(CCNC(=O)c2nc3c4c5c(sc4nc(C)n3n2)CCC5)cc1OC. The van der Waals surface area contributed by atoms with Crippen LogP contribution in [-0.2, 0) is 19.3 Å². The number of carbonyl (C=O) groups is 1. The number of hydrogen-bond donors (Lipinski definition) is 1. The van der Waals surface area contributed by atoms with E-state index >= 15 is 0 Å². The maximum Gasteiger partial charge on any atom is 0.291 e. The lowest BCUT2D eigenvalue weighted by molar-refractivity contribution is 0.0944. The molecule has 160 valence electrons. The Hall–Kier alpha value is -3.20. The van der Waals surface area contributed by atoms with Crippen LogP contribution in [0.1, 0.15) is 38.9 Å². The summed E-state index contributed by atoms with van der Waals surface area (Å²) in [6.45, 7) is 2.36. The molecule has 0 saturated carbocycles. The molecule has 3 aromatic heterocycles. The van der Waals surface area contributed by atoms with E-state index in [1.165, 1.54) is 10.4 Å². The number of nitrogens with one attached hydrogen (secondary N) is 1. The second kappa shape index (κ2) is 7.81. The second-order valence-electron chi connectivity index (χ2n) is 7.56. The van der Waals surface area contributed by atoms with Crippen molar-refractivity contribution in [1.82, 2.24) is 24.9 Å². The lowest BCUT2D eigenvalue weighted by atomic mass is 10.1. The van der Waals surface area contributed by atoms with Gasteiger partial charge in [0.1, 0.15) is 10.7 Å². The van der Waals surface area contributed by atoms with Crippen LogP contribution in [0, 0.1) is 6.92 Å². The van der Waals surface area contributed by atoms with Crippen molar-refractivity contribution in [1.29, 1.82) is 0 Å². The molecule has 0 spiro atoms. The highest BCUT2D eigenvalue weighted by Crippen LogP contribution is 2.38. The van der Waals surface area contributed by atoms with Crippen molar-refractivity contribution in [3.05, 3.63) is 45.9 Å². The number of ether oxygens (including phenoxy) is 2. The third-order valence-corrected chi connectivity index (χ3v) is 6.84. The number of carbonyl (C=O) groups excluding carboxylic acids is 1. The van der Waals surface area contributed by atoms with E-state index in [4.69, 9.17) is 14.5 Å². The highest BCUT2D eigenvalue weighted by molar-refractivity contribution is 7.19. The average molecular weight is 438 g/mol. The highest BCUT2D eigenvalue weighted by atomic mass is 32.1. The Morgan fingerprint density at radius 3 is 2.84 bits per heavy atom. The number of benzene rings is 1. The van der Waals surface area contributed by atoms with Gasteiger partial charge >= 0.3 is 0 Å². The van der Waals surface area contributed by atoms with E-state index in [1.807, 2.05) is 25.1 Å². The van der Waals surface area contributed by atoms with Crippen molar-refractivity contribution < 1.29 is 14.3 Å². The fourth-order valence-electron chi connectivity index (χ4n) is 4.12. The van der Waals surface area contributed by atoms with Crippen molar-refractivity contribution in [2.45, 2.75) is 32.6 Å². The molecule has 0 fully saturated rings. The fraction of sp³-hybridized carbons (Fsp3) is 0.364. The molecule has 8 nitrogen and oxygen atoms in total.